The van der Waals surface area contributed by atoms with Crippen molar-refractivity contribution in [1.29, 1.82) is 0 Å². The summed E-state index contributed by atoms with van der Waals surface area (Å²) in [6, 6.07) is 16.0. The Labute approximate surface area is 700 Å². The minimum absolute atomic E-state index is 0.0170. The summed E-state index contributed by atoms with van der Waals surface area (Å²) < 4.78 is 305. The molecule has 20 nitrogen and oxygen atoms in total. The Morgan fingerprint density at radius 1 is 0.492 bits per heavy atom. The third-order valence-corrected chi connectivity index (χ3v) is 28.1. The predicted molar refractivity (Wildman–Crippen MR) is 425 cm³/mol. The number of Topliss-reactive ketones (excluding diaryl/α,β-unsaturated/α-hetero) is 2. The lowest BCUT2D eigenvalue weighted by molar-refractivity contribution is -0.142. The first-order valence-corrected chi connectivity index (χ1v) is 46.1. The molecule has 4 aliphatic carbocycles. The molecule has 0 N–H and O–H groups in total. The maximum atomic E-state index is 15.5. The van der Waals surface area contributed by atoms with Gasteiger partial charge >= 0.3 is 12.4 Å². The molecule has 4 aromatic carbocycles. The summed E-state index contributed by atoms with van der Waals surface area (Å²) in [5.74, 6) is -7.48. The maximum Gasteiger partial charge on any atom is 0.408 e. The number of fused-ring (bicyclic) bond motifs is 8. The molecule has 648 valence electrons. The molecule has 0 spiro atoms. The standard InChI is InChI=1S/2C41H37ClF7N5O5S2/c2*1-21-34-30-17-31(30)41(48,49)38(34)53(51-21)18-27(55)15-23(12-22-13-24(43)16-25(44)14-22)36-28(7-6-26(50-36)10-11-39(2,3)61(5,58)59)29-8-9-32(42)35-33(19-60(4,56)57)52-54(37(29)35)20-40(45,46)47/h2*6-9,13-14,16,23,30-31H,12,15,17-20H2,1-5H3/t2*23-,30+,31-/m11/s1. The van der Waals surface area contributed by atoms with Crippen LogP contribution in [0.15, 0.2) is 84.9 Å². The van der Waals surface area contributed by atoms with Crippen molar-refractivity contribution >= 4 is 95.9 Å². The van der Waals surface area contributed by atoms with Crippen LogP contribution in [0.2, 0.25) is 10.0 Å². The van der Waals surface area contributed by atoms with Gasteiger partial charge in [-0.05, 0) is 163 Å². The number of sulfone groups is 4. The number of rotatable bonds is 24. The molecular formula is C82H74Cl2F14N10O10S4. The fourth-order valence-electron chi connectivity index (χ4n) is 16.0. The normalized spacial score (nSPS) is 17.8. The molecule has 14 rings (SSSR count). The second kappa shape index (κ2) is 31.9. The first-order chi connectivity index (χ1) is 56.3. The molecule has 6 heterocycles. The van der Waals surface area contributed by atoms with E-state index < -0.39 is 182 Å². The van der Waals surface area contributed by atoms with E-state index in [2.05, 4.69) is 44.1 Å². The molecule has 4 aliphatic rings. The zero-order valence-electron chi connectivity index (χ0n) is 66.3. The molecule has 0 unspecified atom stereocenters. The number of carbonyl (C=O) groups excluding carboxylic acids is 2. The fraction of sp³-hybridized carbons (Fsp3) is 0.415. The molecule has 6 atom stereocenters. The lowest BCUT2D eigenvalue weighted by atomic mass is 9.86. The number of benzene rings is 4. The number of halogens is 16. The maximum absolute atomic E-state index is 15.5. The van der Waals surface area contributed by atoms with Gasteiger partial charge in [0.1, 0.15) is 81.7 Å². The van der Waals surface area contributed by atoms with E-state index in [0.717, 1.165) is 58.7 Å². The van der Waals surface area contributed by atoms with Crippen molar-refractivity contribution in [3.63, 3.8) is 0 Å². The molecular weight excluding hydrogens is 1750 g/mol. The van der Waals surface area contributed by atoms with Gasteiger partial charge in [-0.1, -0.05) is 47.2 Å². The number of hydrogen-bond donors (Lipinski definition) is 0. The second-order valence-corrected chi connectivity index (χ2v) is 42.8. The molecule has 2 saturated carbocycles. The molecule has 0 amide bonds. The van der Waals surface area contributed by atoms with Gasteiger partial charge in [0.25, 0.3) is 11.8 Å². The summed E-state index contributed by atoms with van der Waals surface area (Å²) in [5.41, 5.74) is -0.485. The van der Waals surface area contributed by atoms with Crippen LogP contribution < -0.4 is 0 Å². The molecule has 6 aromatic heterocycles. The number of pyridine rings is 2. The average Bonchev–Trinajstić information content (AvgIpc) is 1.53. The van der Waals surface area contributed by atoms with E-state index in [1.165, 1.54) is 76.2 Å². The lowest BCUT2D eigenvalue weighted by Gasteiger charge is -2.22. The van der Waals surface area contributed by atoms with E-state index in [4.69, 9.17) is 33.2 Å². The van der Waals surface area contributed by atoms with Gasteiger partial charge in [0.2, 0.25) is 0 Å². The minimum atomic E-state index is -4.87. The number of ketones is 2. The van der Waals surface area contributed by atoms with Gasteiger partial charge in [0.05, 0.1) is 66.7 Å². The number of carbonyl (C=O) groups is 2. The highest BCUT2D eigenvalue weighted by molar-refractivity contribution is 7.92. The van der Waals surface area contributed by atoms with Gasteiger partial charge in [-0.25, -0.2) is 61.2 Å². The van der Waals surface area contributed by atoms with Gasteiger partial charge in [0.15, 0.2) is 50.9 Å². The van der Waals surface area contributed by atoms with E-state index in [0.29, 0.717) is 44.0 Å². The van der Waals surface area contributed by atoms with Crippen LogP contribution in [0.1, 0.15) is 156 Å². The lowest BCUT2D eigenvalue weighted by Crippen LogP contribution is -2.28. The van der Waals surface area contributed by atoms with Crippen molar-refractivity contribution in [3.8, 4) is 45.9 Å². The third-order valence-electron chi connectivity index (χ3n) is 22.0. The number of nitrogens with zero attached hydrogens (tertiary/aromatic N) is 10. The summed E-state index contributed by atoms with van der Waals surface area (Å²) in [5, 5.41) is 16.1. The van der Waals surface area contributed by atoms with Crippen LogP contribution in [0.3, 0.4) is 0 Å². The quantitative estimate of drug-likeness (QED) is 0.0402. The van der Waals surface area contributed by atoms with Gasteiger partial charge in [0, 0.05) is 118 Å². The Bertz CT molecular complexity index is 6220. The SMILES string of the molecule is Cc1nn(CC(=O)C[C@@H](Cc2cc(F)cc(F)c2)c2nc(C#CC(C)(C)S(C)(=O)=O)ccc2-c2ccc(Cl)c3c(CS(C)(=O)=O)nn(CC(F)(F)F)c23)c2c1[C@H]1C[C@H]1C2(F)F.Cc1nn(CC(=O)C[C@@H](Cc2cc(F)cc(F)c2)c2nc(C#CC(C)(C)S(C)(=O)=O)ccc2-c2ccc(Cl)c3c(CS(C)(=O)=O)nn(CC(F)(F)F)c23)c2c1[C@H]1C[C@H]1C2(F)F. The Hall–Kier alpha value is -9.60. The summed E-state index contributed by atoms with van der Waals surface area (Å²) >= 11 is 13.1. The number of aromatic nitrogens is 10. The zero-order valence-corrected chi connectivity index (χ0v) is 71.0. The highest BCUT2D eigenvalue weighted by Gasteiger charge is 2.67. The molecule has 0 radical (unpaired) electrons. The van der Waals surface area contributed by atoms with Gasteiger partial charge in [-0.2, -0.15) is 64.3 Å². The summed E-state index contributed by atoms with van der Waals surface area (Å²) in [4.78, 5) is 37.7. The van der Waals surface area contributed by atoms with E-state index in [1.54, 1.807) is 13.8 Å². The smallest absolute Gasteiger partial charge is 0.298 e. The van der Waals surface area contributed by atoms with Gasteiger partial charge in [-0.3, -0.25) is 28.3 Å². The van der Waals surface area contributed by atoms with E-state index in [1.807, 2.05) is 0 Å². The average molecular weight is 1820 g/mol. The van der Waals surface area contributed by atoms with Crippen LogP contribution in [0, 0.1) is 72.6 Å². The van der Waals surface area contributed by atoms with Crippen LogP contribution in [-0.2, 0) is 111 Å². The van der Waals surface area contributed by atoms with Crippen LogP contribution in [0.5, 0.6) is 0 Å². The van der Waals surface area contributed by atoms with Crippen molar-refractivity contribution < 1.29 is 105 Å². The highest BCUT2D eigenvalue weighted by Crippen LogP contribution is 2.69. The van der Waals surface area contributed by atoms with Crippen molar-refractivity contribution in [3.05, 3.63) is 197 Å². The van der Waals surface area contributed by atoms with Crippen molar-refractivity contribution in [2.75, 3.05) is 25.0 Å². The summed E-state index contributed by atoms with van der Waals surface area (Å²) in [7, 11) is -15.3. The molecule has 10 aromatic rings. The minimum Gasteiger partial charge on any atom is -0.298 e. The number of aryl methyl sites for hydroxylation is 2. The topological polar surface area (TPSA) is 268 Å². The van der Waals surface area contributed by atoms with Gasteiger partial charge in [-0.15, -0.1) is 0 Å². The largest absolute Gasteiger partial charge is 0.408 e. The number of hydrogen-bond acceptors (Lipinski definition) is 16. The summed E-state index contributed by atoms with van der Waals surface area (Å²) in [6.45, 7) is 3.93. The second-order valence-electron chi connectivity index (χ2n) is 32.5. The number of alkyl halides is 10. The van der Waals surface area contributed by atoms with E-state index in [9.17, 15) is 87.2 Å². The Morgan fingerprint density at radius 2 is 0.820 bits per heavy atom. The Balaban J connectivity index is 0.000000210. The first kappa shape index (κ1) is 90.1. The van der Waals surface area contributed by atoms with Crippen LogP contribution in [0.4, 0.5) is 61.5 Å². The first-order valence-electron chi connectivity index (χ1n) is 37.4. The third kappa shape index (κ3) is 18.9. The van der Waals surface area contributed by atoms with Crippen molar-refractivity contribution in [2.24, 2.45) is 11.8 Å². The molecule has 122 heavy (non-hydrogen) atoms. The Morgan fingerprint density at radius 3 is 1.13 bits per heavy atom. The van der Waals surface area contributed by atoms with Crippen molar-refractivity contribution in [1.82, 2.24) is 49.1 Å². The van der Waals surface area contributed by atoms with E-state index in [-0.39, 0.29) is 148 Å². The summed E-state index contributed by atoms with van der Waals surface area (Å²) in [6.07, 6.45) is -7.20. The molecule has 0 aliphatic heterocycles. The fourth-order valence-corrected chi connectivity index (χ4v) is 18.3. The van der Waals surface area contributed by atoms with E-state index >= 15 is 17.6 Å². The van der Waals surface area contributed by atoms with Crippen LogP contribution in [0.25, 0.3) is 44.1 Å². The van der Waals surface area contributed by atoms with Crippen LogP contribution in [-0.4, -0.2) is 141 Å². The molecule has 2 fully saturated rings. The zero-order chi connectivity index (χ0) is 89.5. The predicted octanol–water partition coefficient (Wildman–Crippen LogP) is 16.0. The van der Waals surface area contributed by atoms with Crippen molar-refractivity contribution in [2.45, 2.75) is 175 Å². The molecule has 0 bridgehead atoms. The van der Waals surface area contributed by atoms with Crippen LogP contribution >= 0.6 is 23.2 Å². The molecule has 0 saturated heterocycles. The monoisotopic (exact) mass is 1820 g/mol. The highest BCUT2D eigenvalue weighted by atomic mass is 35.5. The Kier molecular flexibility index (Phi) is 23.5. The van der Waals surface area contributed by atoms with Gasteiger partial charge < -0.3 is 0 Å². The molecule has 40 heteroatoms.